The SMILES string of the molecule is CCOCCCc1nc(C(=O)OCC)c(N)o1. The van der Waals surface area contributed by atoms with Crippen LogP contribution in [0.1, 0.15) is 36.6 Å². The molecular formula is C11H18N2O4. The van der Waals surface area contributed by atoms with E-state index < -0.39 is 5.97 Å². The van der Waals surface area contributed by atoms with E-state index in [-0.39, 0.29) is 18.2 Å². The molecule has 0 saturated heterocycles. The van der Waals surface area contributed by atoms with Gasteiger partial charge in [-0.15, -0.1) is 0 Å². The number of aromatic nitrogens is 1. The van der Waals surface area contributed by atoms with E-state index >= 15 is 0 Å². The van der Waals surface area contributed by atoms with Crippen molar-refractivity contribution in [1.29, 1.82) is 0 Å². The number of hydrogen-bond donors (Lipinski definition) is 1. The second-order valence-corrected chi connectivity index (χ2v) is 3.34. The van der Waals surface area contributed by atoms with E-state index in [9.17, 15) is 4.79 Å². The number of esters is 1. The molecule has 0 saturated carbocycles. The quantitative estimate of drug-likeness (QED) is 0.574. The van der Waals surface area contributed by atoms with Crippen LogP contribution in [-0.4, -0.2) is 30.8 Å². The fourth-order valence-electron chi connectivity index (χ4n) is 1.30. The highest BCUT2D eigenvalue weighted by Gasteiger charge is 2.18. The van der Waals surface area contributed by atoms with E-state index in [1.807, 2.05) is 6.92 Å². The van der Waals surface area contributed by atoms with Crippen molar-refractivity contribution < 1.29 is 18.7 Å². The molecule has 0 aliphatic carbocycles. The molecule has 6 heteroatoms. The molecule has 0 fully saturated rings. The van der Waals surface area contributed by atoms with Gasteiger partial charge in [-0.05, 0) is 20.3 Å². The summed E-state index contributed by atoms with van der Waals surface area (Å²) in [7, 11) is 0. The number of nitrogens with two attached hydrogens (primary N) is 1. The van der Waals surface area contributed by atoms with Gasteiger partial charge in [0.1, 0.15) is 0 Å². The summed E-state index contributed by atoms with van der Waals surface area (Å²) in [5.41, 5.74) is 5.60. The maximum atomic E-state index is 11.4. The van der Waals surface area contributed by atoms with Crippen LogP contribution in [0.4, 0.5) is 5.88 Å². The lowest BCUT2D eigenvalue weighted by atomic mass is 10.3. The van der Waals surface area contributed by atoms with Crippen LogP contribution >= 0.6 is 0 Å². The largest absolute Gasteiger partial charge is 0.461 e. The summed E-state index contributed by atoms with van der Waals surface area (Å²) in [5, 5.41) is 0. The second kappa shape index (κ2) is 6.90. The van der Waals surface area contributed by atoms with Gasteiger partial charge < -0.3 is 19.6 Å². The molecule has 1 rings (SSSR count). The number of nitrogen functional groups attached to an aromatic ring is 1. The standard InChI is InChI=1S/C11H18N2O4/c1-3-15-7-5-6-8-13-9(10(12)17-8)11(14)16-4-2/h3-7,12H2,1-2H3. The molecule has 2 N–H and O–H groups in total. The summed E-state index contributed by atoms with van der Waals surface area (Å²) in [6, 6.07) is 0. The van der Waals surface area contributed by atoms with Gasteiger partial charge in [0, 0.05) is 19.6 Å². The van der Waals surface area contributed by atoms with Gasteiger partial charge in [-0.2, -0.15) is 0 Å². The number of hydrogen-bond acceptors (Lipinski definition) is 6. The zero-order valence-electron chi connectivity index (χ0n) is 10.2. The Morgan fingerprint density at radius 3 is 2.82 bits per heavy atom. The summed E-state index contributed by atoms with van der Waals surface area (Å²) in [6.07, 6.45) is 1.36. The van der Waals surface area contributed by atoms with Crippen LogP contribution in [-0.2, 0) is 15.9 Å². The van der Waals surface area contributed by atoms with Crippen LogP contribution in [0.2, 0.25) is 0 Å². The van der Waals surface area contributed by atoms with E-state index in [1.54, 1.807) is 6.92 Å². The first kappa shape index (κ1) is 13.5. The van der Waals surface area contributed by atoms with Crippen molar-refractivity contribution >= 4 is 11.9 Å². The van der Waals surface area contributed by atoms with Crippen molar-refractivity contribution in [1.82, 2.24) is 4.98 Å². The molecule has 6 nitrogen and oxygen atoms in total. The van der Waals surface area contributed by atoms with Gasteiger partial charge in [0.25, 0.3) is 0 Å². The van der Waals surface area contributed by atoms with Gasteiger partial charge in [0.15, 0.2) is 5.89 Å². The van der Waals surface area contributed by atoms with Gasteiger partial charge in [0.05, 0.1) is 6.61 Å². The number of carbonyl (C=O) groups excluding carboxylic acids is 1. The molecule has 0 amide bonds. The molecule has 1 aromatic rings. The minimum Gasteiger partial charge on any atom is -0.461 e. The number of aryl methyl sites for hydroxylation is 1. The van der Waals surface area contributed by atoms with Crippen LogP contribution < -0.4 is 5.73 Å². The number of ether oxygens (including phenoxy) is 2. The van der Waals surface area contributed by atoms with Gasteiger partial charge in [-0.1, -0.05) is 0 Å². The Labute approximate surface area is 100 Å². The topological polar surface area (TPSA) is 87.6 Å². The van der Waals surface area contributed by atoms with Crippen LogP contribution in [0.5, 0.6) is 0 Å². The molecule has 0 aliphatic heterocycles. The molecule has 1 aromatic heterocycles. The third kappa shape index (κ3) is 4.07. The van der Waals surface area contributed by atoms with Crippen LogP contribution in [0.25, 0.3) is 0 Å². The number of rotatable bonds is 7. The molecule has 0 bridgehead atoms. The van der Waals surface area contributed by atoms with Crippen molar-refractivity contribution in [3.05, 3.63) is 11.6 Å². The Balaban J connectivity index is 2.52. The summed E-state index contributed by atoms with van der Waals surface area (Å²) < 4.78 is 15.2. The average molecular weight is 242 g/mol. The molecule has 17 heavy (non-hydrogen) atoms. The predicted molar refractivity (Wildman–Crippen MR) is 61.7 cm³/mol. The second-order valence-electron chi connectivity index (χ2n) is 3.34. The van der Waals surface area contributed by atoms with Crippen LogP contribution in [0.3, 0.4) is 0 Å². The smallest absolute Gasteiger partial charge is 0.362 e. The highest BCUT2D eigenvalue weighted by atomic mass is 16.5. The Morgan fingerprint density at radius 2 is 2.18 bits per heavy atom. The highest BCUT2D eigenvalue weighted by Crippen LogP contribution is 2.15. The molecular weight excluding hydrogens is 224 g/mol. The zero-order chi connectivity index (χ0) is 12.7. The average Bonchev–Trinajstić information content (AvgIpc) is 2.66. The van der Waals surface area contributed by atoms with Crippen LogP contribution in [0, 0.1) is 0 Å². The lowest BCUT2D eigenvalue weighted by molar-refractivity contribution is 0.0521. The Bertz CT molecular complexity index is 362. The van der Waals surface area contributed by atoms with Gasteiger partial charge in [-0.3, -0.25) is 0 Å². The predicted octanol–water partition coefficient (Wildman–Crippen LogP) is 1.40. The molecule has 0 atom stereocenters. The third-order valence-corrected chi connectivity index (χ3v) is 2.05. The van der Waals surface area contributed by atoms with Crippen molar-refractivity contribution in [2.24, 2.45) is 0 Å². The van der Waals surface area contributed by atoms with Gasteiger partial charge >= 0.3 is 5.97 Å². The van der Waals surface area contributed by atoms with Crippen molar-refractivity contribution in [3.63, 3.8) is 0 Å². The molecule has 96 valence electrons. The van der Waals surface area contributed by atoms with E-state index in [4.69, 9.17) is 19.6 Å². The summed E-state index contributed by atoms with van der Waals surface area (Å²) >= 11 is 0. The zero-order valence-corrected chi connectivity index (χ0v) is 10.2. The lowest BCUT2D eigenvalue weighted by Crippen LogP contribution is -2.07. The normalized spacial score (nSPS) is 10.5. The van der Waals surface area contributed by atoms with Crippen molar-refractivity contribution in [3.8, 4) is 0 Å². The summed E-state index contributed by atoms with van der Waals surface area (Å²) in [4.78, 5) is 15.4. The minimum atomic E-state index is -0.551. The first-order chi connectivity index (χ1) is 8.19. The Hall–Kier alpha value is -1.56. The maximum Gasteiger partial charge on any atom is 0.362 e. The molecule has 0 unspecified atom stereocenters. The number of carbonyl (C=O) groups is 1. The Kier molecular flexibility index (Phi) is 5.48. The third-order valence-electron chi connectivity index (χ3n) is 2.05. The van der Waals surface area contributed by atoms with Crippen molar-refractivity contribution in [2.45, 2.75) is 26.7 Å². The molecule has 0 spiro atoms. The molecule has 0 radical (unpaired) electrons. The number of nitrogens with zero attached hydrogens (tertiary/aromatic N) is 1. The summed E-state index contributed by atoms with van der Waals surface area (Å²) in [5.74, 6) is -0.107. The maximum absolute atomic E-state index is 11.4. The first-order valence-electron chi connectivity index (χ1n) is 5.69. The van der Waals surface area contributed by atoms with Gasteiger partial charge in [-0.25, -0.2) is 9.78 Å². The molecule has 0 aliphatic rings. The van der Waals surface area contributed by atoms with E-state index in [0.717, 1.165) is 6.42 Å². The molecule has 0 aromatic carbocycles. The van der Waals surface area contributed by atoms with Gasteiger partial charge in [0.2, 0.25) is 11.6 Å². The Morgan fingerprint density at radius 1 is 1.41 bits per heavy atom. The van der Waals surface area contributed by atoms with E-state index in [0.29, 0.717) is 25.5 Å². The van der Waals surface area contributed by atoms with E-state index in [2.05, 4.69) is 4.98 Å². The first-order valence-corrected chi connectivity index (χ1v) is 5.69. The van der Waals surface area contributed by atoms with Crippen molar-refractivity contribution in [2.75, 3.05) is 25.6 Å². The fourth-order valence-corrected chi connectivity index (χ4v) is 1.30. The fraction of sp³-hybridized carbons (Fsp3) is 0.636. The highest BCUT2D eigenvalue weighted by molar-refractivity contribution is 5.91. The number of anilines is 1. The number of oxazole rings is 1. The molecule has 1 heterocycles. The van der Waals surface area contributed by atoms with Crippen LogP contribution in [0.15, 0.2) is 4.42 Å². The summed E-state index contributed by atoms with van der Waals surface area (Å²) in [6.45, 7) is 5.25. The minimum absolute atomic E-state index is 0.00913. The van der Waals surface area contributed by atoms with E-state index in [1.165, 1.54) is 0 Å². The monoisotopic (exact) mass is 242 g/mol. The lowest BCUT2D eigenvalue weighted by Gasteiger charge is -1.97.